The van der Waals surface area contributed by atoms with E-state index in [9.17, 15) is 13.2 Å². The number of amides is 1. The molecule has 0 radical (unpaired) electrons. The van der Waals surface area contributed by atoms with Crippen molar-refractivity contribution in [2.75, 3.05) is 31.6 Å². The van der Waals surface area contributed by atoms with Crippen LogP contribution in [-0.2, 0) is 21.3 Å². The van der Waals surface area contributed by atoms with Gasteiger partial charge >= 0.3 is 0 Å². The van der Waals surface area contributed by atoms with E-state index < -0.39 is 15.9 Å². The summed E-state index contributed by atoms with van der Waals surface area (Å²) in [5.74, 6) is -0.505. The van der Waals surface area contributed by atoms with Crippen molar-refractivity contribution in [3.8, 4) is 0 Å². The van der Waals surface area contributed by atoms with E-state index in [1.807, 2.05) is 12.1 Å². The van der Waals surface area contributed by atoms with E-state index in [2.05, 4.69) is 15.4 Å². The van der Waals surface area contributed by atoms with Gasteiger partial charge in [-0.3, -0.25) is 4.79 Å². The number of nitrogens with zero attached hydrogens (tertiary/aromatic N) is 4. The minimum atomic E-state index is -3.75. The summed E-state index contributed by atoms with van der Waals surface area (Å²) in [6.07, 6.45) is 3.01. The van der Waals surface area contributed by atoms with Gasteiger partial charge in [0.1, 0.15) is 12.7 Å². The van der Waals surface area contributed by atoms with Crippen LogP contribution in [0.1, 0.15) is 15.9 Å². The second-order valence-corrected chi connectivity index (χ2v) is 9.21. The monoisotopic (exact) mass is 461 g/mol. The van der Waals surface area contributed by atoms with Crippen LogP contribution < -0.4 is 5.32 Å². The highest BCUT2D eigenvalue weighted by atomic mass is 35.5. The average Bonchev–Trinajstić information content (AvgIpc) is 3.29. The average molecular weight is 462 g/mol. The van der Waals surface area contributed by atoms with Gasteiger partial charge in [-0.2, -0.15) is 9.40 Å². The molecule has 0 unspecified atom stereocenters. The van der Waals surface area contributed by atoms with Gasteiger partial charge in [0.25, 0.3) is 5.91 Å². The van der Waals surface area contributed by atoms with Gasteiger partial charge in [0.15, 0.2) is 0 Å². The number of rotatable bonds is 6. The molecule has 162 valence electrons. The number of morpholine rings is 1. The zero-order valence-electron chi connectivity index (χ0n) is 16.4. The molecule has 1 fully saturated rings. The van der Waals surface area contributed by atoms with Crippen LogP contribution in [0.3, 0.4) is 0 Å². The molecule has 2 aromatic carbocycles. The third kappa shape index (κ3) is 4.77. The van der Waals surface area contributed by atoms with Crippen LogP contribution in [0.25, 0.3) is 0 Å². The van der Waals surface area contributed by atoms with Gasteiger partial charge in [0.2, 0.25) is 10.0 Å². The Kier molecular flexibility index (Phi) is 6.33. The van der Waals surface area contributed by atoms with Crippen molar-refractivity contribution in [3.63, 3.8) is 0 Å². The highest BCUT2D eigenvalue weighted by Gasteiger charge is 2.27. The molecule has 0 spiro atoms. The highest BCUT2D eigenvalue weighted by Crippen LogP contribution is 2.25. The Morgan fingerprint density at radius 2 is 1.94 bits per heavy atom. The number of hydrogen-bond acceptors (Lipinski definition) is 6. The number of carbonyl (C=O) groups is 1. The third-order valence-electron chi connectivity index (χ3n) is 4.85. The van der Waals surface area contributed by atoms with E-state index in [0.29, 0.717) is 25.4 Å². The largest absolute Gasteiger partial charge is 0.379 e. The summed E-state index contributed by atoms with van der Waals surface area (Å²) >= 11 is 6.24. The first-order valence-electron chi connectivity index (χ1n) is 9.54. The topological polar surface area (TPSA) is 106 Å². The maximum Gasteiger partial charge on any atom is 0.257 e. The summed E-state index contributed by atoms with van der Waals surface area (Å²) in [4.78, 5) is 16.9. The normalized spacial score (nSPS) is 15.0. The van der Waals surface area contributed by atoms with E-state index >= 15 is 0 Å². The Hall–Kier alpha value is -2.79. The van der Waals surface area contributed by atoms with Gasteiger partial charge in [-0.1, -0.05) is 29.8 Å². The molecular formula is C20H20ClN5O4S. The Morgan fingerprint density at radius 1 is 1.16 bits per heavy atom. The Balaban J connectivity index is 1.59. The van der Waals surface area contributed by atoms with Crippen LogP contribution in [0, 0.1) is 0 Å². The van der Waals surface area contributed by atoms with E-state index in [0.717, 1.165) is 5.56 Å². The Bertz CT molecular complexity index is 1180. The molecule has 1 saturated heterocycles. The molecule has 31 heavy (non-hydrogen) atoms. The lowest BCUT2D eigenvalue weighted by molar-refractivity contribution is 0.0730. The molecule has 3 aromatic rings. The summed E-state index contributed by atoms with van der Waals surface area (Å²) < 4.78 is 34.1. The second-order valence-electron chi connectivity index (χ2n) is 6.86. The number of sulfonamides is 1. The summed E-state index contributed by atoms with van der Waals surface area (Å²) in [7, 11) is -3.75. The molecule has 0 aliphatic carbocycles. The molecule has 1 aliphatic rings. The fourth-order valence-corrected chi connectivity index (χ4v) is 4.87. The number of aromatic nitrogens is 3. The van der Waals surface area contributed by atoms with Gasteiger partial charge in [-0.05, 0) is 29.8 Å². The van der Waals surface area contributed by atoms with Crippen LogP contribution >= 0.6 is 11.6 Å². The smallest absolute Gasteiger partial charge is 0.257 e. The maximum absolute atomic E-state index is 13.0. The summed E-state index contributed by atoms with van der Waals surface area (Å²) in [6.45, 7) is 1.62. The number of hydrogen-bond donors (Lipinski definition) is 1. The van der Waals surface area contributed by atoms with Crippen molar-refractivity contribution in [1.82, 2.24) is 19.1 Å². The maximum atomic E-state index is 13.0. The standard InChI is InChI=1S/C20H20ClN5O4S/c21-18-6-5-16(31(28,29)26-7-9-30-10-8-26)11-17(18)20(27)24-19-4-2-1-3-15(19)12-25-14-22-13-23-25/h1-6,11,13-14H,7-10,12H2,(H,24,27). The van der Waals surface area contributed by atoms with Crippen LogP contribution in [0.5, 0.6) is 0 Å². The molecule has 1 aliphatic heterocycles. The van der Waals surface area contributed by atoms with Crippen LogP contribution in [0.2, 0.25) is 5.02 Å². The molecule has 1 amide bonds. The fraction of sp³-hybridized carbons (Fsp3) is 0.250. The lowest BCUT2D eigenvalue weighted by Crippen LogP contribution is -2.40. The van der Waals surface area contributed by atoms with Crippen LogP contribution in [0.15, 0.2) is 60.0 Å². The van der Waals surface area contributed by atoms with Gasteiger partial charge in [-0.15, -0.1) is 0 Å². The predicted molar refractivity (Wildman–Crippen MR) is 115 cm³/mol. The number of halogens is 1. The molecule has 11 heteroatoms. The van der Waals surface area contributed by atoms with E-state index in [1.54, 1.807) is 23.1 Å². The van der Waals surface area contributed by atoms with Crippen molar-refractivity contribution < 1.29 is 17.9 Å². The summed E-state index contributed by atoms with van der Waals surface area (Å²) in [5.41, 5.74) is 1.46. The second kappa shape index (κ2) is 9.15. The molecular weight excluding hydrogens is 442 g/mol. The summed E-state index contributed by atoms with van der Waals surface area (Å²) in [6, 6.07) is 11.4. The lowest BCUT2D eigenvalue weighted by atomic mass is 10.1. The molecule has 2 heterocycles. The van der Waals surface area contributed by atoms with Crippen LogP contribution in [0.4, 0.5) is 5.69 Å². The first-order chi connectivity index (χ1) is 14.9. The van der Waals surface area contributed by atoms with Gasteiger partial charge < -0.3 is 10.1 Å². The van der Waals surface area contributed by atoms with Gasteiger partial charge in [-0.25, -0.2) is 18.1 Å². The fourth-order valence-electron chi connectivity index (χ4n) is 3.23. The van der Waals surface area contributed by atoms with E-state index in [1.165, 1.54) is 28.8 Å². The Morgan fingerprint density at radius 3 is 2.68 bits per heavy atom. The molecule has 9 nitrogen and oxygen atoms in total. The van der Waals surface area contributed by atoms with Crippen molar-refractivity contribution in [1.29, 1.82) is 0 Å². The first kappa shape index (κ1) is 21.4. The van der Waals surface area contributed by atoms with E-state index in [-0.39, 0.29) is 28.6 Å². The van der Waals surface area contributed by atoms with Gasteiger partial charge in [0.05, 0.1) is 35.2 Å². The molecule has 0 saturated carbocycles. The first-order valence-corrected chi connectivity index (χ1v) is 11.4. The van der Waals surface area contributed by atoms with Crippen molar-refractivity contribution in [2.45, 2.75) is 11.4 Å². The molecule has 1 aromatic heterocycles. The zero-order valence-corrected chi connectivity index (χ0v) is 18.0. The molecule has 4 rings (SSSR count). The SMILES string of the molecule is O=C(Nc1ccccc1Cn1cncn1)c1cc(S(=O)(=O)N2CCOCC2)ccc1Cl. The minimum absolute atomic E-state index is 0.0138. The van der Waals surface area contributed by atoms with Gasteiger partial charge in [0, 0.05) is 18.8 Å². The van der Waals surface area contributed by atoms with Crippen molar-refractivity contribution >= 4 is 33.2 Å². The minimum Gasteiger partial charge on any atom is -0.379 e. The zero-order chi connectivity index (χ0) is 21.8. The molecule has 0 bridgehead atoms. The van der Waals surface area contributed by atoms with Crippen molar-refractivity contribution in [3.05, 3.63) is 71.3 Å². The number of ether oxygens (including phenoxy) is 1. The number of anilines is 1. The number of para-hydroxylation sites is 1. The summed E-state index contributed by atoms with van der Waals surface area (Å²) in [5, 5.41) is 7.06. The number of nitrogens with one attached hydrogen (secondary N) is 1. The van der Waals surface area contributed by atoms with Crippen molar-refractivity contribution in [2.24, 2.45) is 0 Å². The molecule has 0 atom stereocenters. The molecule has 1 N–H and O–H groups in total. The quantitative estimate of drug-likeness (QED) is 0.603. The number of carbonyl (C=O) groups excluding carboxylic acids is 1. The number of benzene rings is 2. The van der Waals surface area contributed by atoms with E-state index in [4.69, 9.17) is 16.3 Å². The van der Waals surface area contributed by atoms with Crippen LogP contribution in [-0.4, -0.2) is 59.7 Å². The third-order valence-corrected chi connectivity index (χ3v) is 7.08. The Labute approximate surface area is 184 Å². The lowest BCUT2D eigenvalue weighted by Gasteiger charge is -2.26. The highest BCUT2D eigenvalue weighted by molar-refractivity contribution is 7.89. The predicted octanol–water partition coefficient (Wildman–Crippen LogP) is 2.25.